The van der Waals surface area contributed by atoms with Crippen LogP contribution in [0, 0.1) is 12.8 Å². The summed E-state index contributed by atoms with van der Waals surface area (Å²) in [5.41, 5.74) is 0.550. The molecule has 0 saturated carbocycles. The highest BCUT2D eigenvalue weighted by molar-refractivity contribution is 7.90. The van der Waals surface area contributed by atoms with Gasteiger partial charge in [0.2, 0.25) is 10.0 Å². The first-order chi connectivity index (χ1) is 15.3. The number of aromatic nitrogens is 4. The number of fused-ring (bicyclic) bond motifs is 1. The highest BCUT2D eigenvalue weighted by Crippen LogP contribution is 2.31. The fourth-order valence-electron chi connectivity index (χ4n) is 3.40. The van der Waals surface area contributed by atoms with Gasteiger partial charge in [-0.25, -0.2) is 22.9 Å². The summed E-state index contributed by atoms with van der Waals surface area (Å²) in [6, 6.07) is 1.71. The average Bonchev–Trinajstić information content (AvgIpc) is 3.22. The number of urea groups is 1. The summed E-state index contributed by atoms with van der Waals surface area (Å²) in [5, 5.41) is 7.10. The lowest BCUT2D eigenvalue weighted by molar-refractivity contribution is -0.137. The van der Waals surface area contributed by atoms with Crippen LogP contribution in [0.4, 0.5) is 18.0 Å². The third-order valence-electron chi connectivity index (χ3n) is 4.94. The molecule has 0 fully saturated rings. The molecule has 13 heteroatoms. The number of hydrogen-bond acceptors (Lipinski definition) is 5. The zero-order valence-electron chi connectivity index (χ0n) is 18.6. The lowest BCUT2D eigenvalue weighted by atomic mass is 10.2. The van der Waals surface area contributed by atoms with Gasteiger partial charge in [0.15, 0.2) is 0 Å². The first-order valence-corrected chi connectivity index (χ1v) is 11.8. The summed E-state index contributed by atoms with van der Waals surface area (Å²) < 4.78 is 68.9. The molecular formula is C20H25F3N6O3S. The zero-order chi connectivity index (χ0) is 24.6. The van der Waals surface area contributed by atoms with E-state index in [-0.39, 0.29) is 29.1 Å². The van der Waals surface area contributed by atoms with Gasteiger partial charge in [-0.15, -0.1) is 0 Å². The Balaban J connectivity index is 1.87. The van der Waals surface area contributed by atoms with Crippen LogP contribution in [0.1, 0.15) is 30.7 Å². The van der Waals surface area contributed by atoms with Crippen molar-refractivity contribution in [1.29, 1.82) is 0 Å². The third-order valence-corrected chi connectivity index (χ3v) is 6.17. The van der Waals surface area contributed by atoms with E-state index in [0.717, 1.165) is 12.3 Å². The molecule has 3 heterocycles. The summed E-state index contributed by atoms with van der Waals surface area (Å²) >= 11 is 0. The van der Waals surface area contributed by atoms with Gasteiger partial charge in [-0.3, -0.25) is 9.25 Å². The van der Waals surface area contributed by atoms with E-state index in [2.05, 4.69) is 15.4 Å². The van der Waals surface area contributed by atoms with E-state index in [1.807, 2.05) is 18.6 Å². The van der Waals surface area contributed by atoms with E-state index in [0.29, 0.717) is 23.6 Å². The van der Waals surface area contributed by atoms with Gasteiger partial charge in [-0.2, -0.15) is 18.3 Å². The van der Waals surface area contributed by atoms with Gasteiger partial charge in [0.25, 0.3) is 0 Å². The van der Waals surface area contributed by atoms with Gasteiger partial charge in [-0.1, -0.05) is 13.8 Å². The summed E-state index contributed by atoms with van der Waals surface area (Å²) in [4.78, 5) is 15.8. The smallest absolute Gasteiger partial charge is 0.337 e. The molecule has 180 valence electrons. The second kappa shape index (κ2) is 9.04. The quantitative estimate of drug-likeness (QED) is 0.534. The number of sulfonamides is 1. The standard InChI is InChI=1S/C20H25F3N6O3S/c1-12(2)10-25-19(30)27-33(31,32)8-6-16-13(3)26-28(4)18(16)29-7-5-14-9-15(20(21,22)23)11-24-17(14)29/h5,7,9,11-12H,6,8,10H2,1-4H3,(H2,25,27,30). The lowest BCUT2D eigenvalue weighted by Gasteiger charge is -2.12. The van der Waals surface area contributed by atoms with E-state index < -0.39 is 27.8 Å². The largest absolute Gasteiger partial charge is 0.417 e. The van der Waals surface area contributed by atoms with Crippen LogP contribution < -0.4 is 10.0 Å². The molecule has 0 bridgehead atoms. The van der Waals surface area contributed by atoms with Gasteiger partial charge in [0.1, 0.15) is 11.5 Å². The Morgan fingerprint density at radius 3 is 2.61 bits per heavy atom. The Bertz CT molecular complexity index is 1280. The molecule has 2 N–H and O–H groups in total. The van der Waals surface area contributed by atoms with E-state index in [4.69, 9.17) is 0 Å². The maximum absolute atomic E-state index is 13.0. The van der Waals surface area contributed by atoms with Crippen molar-refractivity contribution in [1.82, 2.24) is 29.4 Å². The molecule has 0 saturated heterocycles. The second-order valence-corrected chi connectivity index (χ2v) is 9.95. The van der Waals surface area contributed by atoms with Gasteiger partial charge in [0.05, 0.1) is 17.0 Å². The Morgan fingerprint density at radius 2 is 1.97 bits per heavy atom. The Hall–Kier alpha value is -3.09. The fraction of sp³-hybridized carbons (Fsp3) is 0.450. The molecule has 0 unspecified atom stereocenters. The molecule has 3 rings (SSSR count). The summed E-state index contributed by atoms with van der Waals surface area (Å²) in [6.45, 7) is 5.79. The third kappa shape index (κ3) is 5.64. The number of pyridine rings is 1. The van der Waals surface area contributed by atoms with Crippen LogP contribution in [0.15, 0.2) is 24.5 Å². The van der Waals surface area contributed by atoms with Crippen LogP contribution >= 0.6 is 0 Å². The minimum absolute atomic E-state index is 0.0299. The molecule has 0 aliphatic carbocycles. The monoisotopic (exact) mass is 486 g/mol. The van der Waals surface area contributed by atoms with Gasteiger partial charge < -0.3 is 5.32 Å². The Kier molecular flexibility index (Phi) is 6.73. The molecule has 3 aromatic rings. The van der Waals surface area contributed by atoms with Crippen molar-refractivity contribution in [2.75, 3.05) is 12.3 Å². The van der Waals surface area contributed by atoms with Gasteiger partial charge in [0, 0.05) is 36.9 Å². The van der Waals surface area contributed by atoms with Crippen LogP contribution in [0.5, 0.6) is 0 Å². The van der Waals surface area contributed by atoms with E-state index in [1.54, 1.807) is 24.7 Å². The number of rotatable bonds is 7. The highest BCUT2D eigenvalue weighted by Gasteiger charge is 2.31. The Morgan fingerprint density at radius 1 is 1.27 bits per heavy atom. The molecule has 0 atom stereocenters. The number of carbonyl (C=O) groups is 1. The number of nitrogens with one attached hydrogen (secondary N) is 2. The molecule has 0 radical (unpaired) electrons. The van der Waals surface area contributed by atoms with Crippen molar-refractivity contribution < 1.29 is 26.4 Å². The number of hydrogen-bond donors (Lipinski definition) is 2. The first kappa shape index (κ1) is 24.6. The number of halogens is 3. The van der Waals surface area contributed by atoms with Crippen molar-refractivity contribution >= 4 is 27.1 Å². The van der Waals surface area contributed by atoms with Crippen molar-refractivity contribution in [3.63, 3.8) is 0 Å². The molecule has 0 spiro atoms. The van der Waals surface area contributed by atoms with Crippen LogP contribution in [-0.2, 0) is 29.7 Å². The SMILES string of the molecule is Cc1nn(C)c(-n2ccc3cc(C(F)(F)F)cnc32)c1CCS(=O)(=O)NC(=O)NCC(C)C. The molecule has 9 nitrogen and oxygen atoms in total. The number of aryl methyl sites for hydroxylation is 2. The zero-order valence-corrected chi connectivity index (χ0v) is 19.4. The predicted octanol–water partition coefficient (Wildman–Crippen LogP) is 2.91. The van der Waals surface area contributed by atoms with Crippen LogP contribution in [0.25, 0.3) is 16.9 Å². The number of amides is 2. The number of carbonyl (C=O) groups excluding carboxylic acids is 1. The summed E-state index contributed by atoms with van der Waals surface area (Å²) in [7, 11) is -2.29. The van der Waals surface area contributed by atoms with E-state index >= 15 is 0 Å². The second-order valence-electron chi connectivity index (χ2n) is 8.11. The van der Waals surface area contributed by atoms with Crippen LogP contribution in [0.2, 0.25) is 0 Å². The Labute approximate surface area is 189 Å². The molecule has 0 aliphatic rings. The van der Waals surface area contributed by atoms with Crippen molar-refractivity contribution in [3.8, 4) is 5.82 Å². The maximum atomic E-state index is 13.0. The van der Waals surface area contributed by atoms with E-state index in [1.165, 1.54) is 10.7 Å². The van der Waals surface area contributed by atoms with Crippen molar-refractivity contribution in [2.45, 2.75) is 33.4 Å². The normalized spacial score (nSPS) is 12.5. The van der Waals surface area contributed by atoms with Crippen LogP contribution in [0.3, 0.4) is 0 Å². The molecule has 33 heavy (non-hydrogen) atoms. The summed E-state index contributed by atoms with van der Waals surface area (Å²) in [5.74, 6) is 0.262. The topological polar surface area (TPSA) is 111 Å². The lowest BCUT2D eigenvalue weighted by Crippen LogP contribution is -2.42. The maximum Gasteiger partial charge on any atom is 0.417 e. The van der Waals surface area contributed by atoms with Crippen molar-refractivity contribution in [3.05, 3.63) is 41.3 Å². The number of alkyl halides is 3. The van der Waals surface area contributed by atoms with Crippen molar-refractivity contribution in [2.24, 2.45) is 13.0 Å². The fourth-order valence-corrected chi connectivity index (χ4v) is 4.32. The summed E-state index contributed by atoms with van der Waals surface area (Å²) in [6.07, 6.45) is -2.17. The molecule has 3 aromatic heterocycles. The molecule has 0 aromatic carbocycles. The number of nitrogens with zero attached hydrogens (tertiary/aromatic N) is 4. The predicted molar refractivity (Wildman–Crippen MR) is 116 cm³/mol. The van der Waals surface area contributed by atoms with Crippen LogP contribution in [-0.4, -0.2) is 46.1 Å². The minimum atomic E-state index is -4.51. The first-order valence-electron chi connectivity index (χ1n) is 10.1. The molecule has 0 aliphatic heterocycles. The van der Waals surface area contributed by atoms with E-state index in [9.17, 15) is 26.4 Å². The average molecular weight is 487 g/mol. The van der Waals surface area contributed by atoms with Gasteiger partial charge >= 0.3 is 12.2 Å². The minimum Gasteiger partial charge on any atom is -0.337 e. The highest BCUT2D eigenvalue weighted by atomic mass is 32.2. The molecule has 2 amide bonds. The van der Waals surface area contributed by atoms with Gasteiger partial charge in [-0.05, 0) is 31.4 Å². The molecular weight excluding hydrogens is 461 g/mol.